The molecule has 1 aromatic heterocycles. The van der Waals surface area contributed by atoms with Crippen LogP contribution in [0.3, 0.4) is 0 Å². The lowest BCUT2D eigenvalue weighted by atomic mass is 10.1. The lowest BCUT2D eigenvalue weighted by molar-refractivity contribution is 0.360. The molecule has 0 bridgehead atoms. The molecule has 134 valence electrons. The van der Waals surface area contributed by atoms with Gasteiger partial charge in [0.05, 0.1) is 11.0 Å². The second-order valence-corrected chi connectivity index (χ2v) is 7.71. The van der Waals surface area contributed by atoms with Crippen molar-refractivity contribution in [2.24, 2.45) is 0 Å². The summed E-state index contributed by atoms with van der Waals surface area (Å²) >= 11 is 3.53. The Kier molecular flexibility index (Phi) is 3.31. The Balaban J connectivity index is 1.66. The minimum Gasteiger partial charge on any atom is -0.449 e. The molecule has 1 aliphatic rings. The van der Waals surface area contributed by atoms with Crippen LogP contribution in [0.2, 0.25) is 0 Å². The zero-order valence-electron chi connectivity index (χ0n) is 14.7. The van der Waals surface area contributed by atoms with Crippen LogP contribution >= 0.6 is 15.9 Å². The molecule has 0 fully saturated rings. The van der Waals surface area contributed by atoms with Crippen LogP contribution < -0.4 is 9.47 Å². The third-order valence-corrected chi connectivity index (χ3v) is 5.64. The van der Waals surface area contributed by atoms with Crippen LogP contribution in [-0.4, -0.2) is 4.57 Å². The van der Waals surface area contributed by atoms with Crippen LogP contribution in [0.15, 0.2) is 89.4 Å². The van der Waals surface area contributed by atoms with E-state index in [1.54, 1.807) is 0 Å². The summed E-state index contributed by atoms with van der Waals surface area (Å²) in [6.07, 6.45) is 0. The molecule has 6 rings (SSSR count). The van der Waals surface area contributed by atoms with E-state index < -0.39 is 0 Å². The number of rotatable bonds is 1. The summed E-state index contributed by atoms with van der Waals surface area (Å²) in [5.41, 5.74) is 3.34. The predicted molar refractivity (Wildman–Crippen MR) is 115 cm³/mol. The number of para-hydroxylation sites is 3. The molecule has 0 aliphatic carbocycles. The topological polar surface area (TPSA) is 23.4 Å². The molecule has 0 saturated carbocycles. The van der Waals surface area contributed by atoms with Crippen molar-refractivity contribution in [1.29, 1.82) is 0 Å². The fourth-order valence-corrected chi connectivity index (χ4v) is 4.12. The van der Waals surface area contributed by atoms with Crippen LogP contribution in [0.1, 0.15) is 0 Å². The summed E-state index contributed by atoms with van der Waals surface area (Å²) < 4.78 is 15.6. The van der Waals surface area contributed by atoms with Gasteiger partial charge in [-0.2, -0.15) is 0 Å². The standard InChI is InChI=1S/C24H14BrNO2/c25-15-9-11-16(12-10-15)26-19-6-2-1-5-17(19)18-13-23-24(14-20(18)26)28-22-8-4-3-7-21(22)27-23/h1-14H. The Bertz CT molecular complexity index is 1370. The number of hydrogen-bond acceptors (Lipinski definition) is 2. The fourth-order valence-electron chi connectivity index (χ4n) is 3.86. The molecule has 1 aliphatic heterocycles. The van der Waals surface area contributed by atoms with Crippen molar-refractivity contribution in [3.05, 3.63) is 89.4 Å². The fraction of sp³-hybridized carbons (Fsp3) is 0. The Hall–Kier alpha value is -3.24. The first-order valence-corrected chi connectivity index (χ1v) is 9.85. The largest absolute Gasteiger partial charge is 0.449 e. The van der Waals surface area contributed by atoms with E-state index in [0.717, 1.165) is 49.6 Å². The Morgan fingerprint density at radius 1 is 0.571 bits per heavy atom. The number of nitrogens with zero attached hydrogens (tertiary/aromatic N) is 1. The molecule has 0 spiro atoms. The zero-order valence-corrected chi connectivity index (χ0v) is 16.3. The zero-order chi connectivity index (χ0) is 18.7. The summed E-state index contributed by atoms with van der Waals surface area (Å²) in [6.45, 7) is 0. The second-order valence-electron chi connectivity index (χ2n) is 6.80. The molecule has 5 aromatic rings. The molecule has 0 radical (unpaired) electrons. The number of halogens is 1. The Morgan fingerprint density at radius 3 is 1.96 bits per heavy atom. The van der Waals surface area contributed by atoms with Crippen LogP contribution in [0.5, 0.6) is 23.0 Å². The molecule has 2 heterocycles. The first-order valence-electron chi connectivity index (χ1n) is 9.06. The van der Waals surface area contributed by atoms with E-state index in [4.69, 9.17) is 9.47 Å². The molecule has 4 aromatic carbocycles. The maximum absolute atomic E-state index is 6.15. The van der Waals surface area contributed by atoms with Gasteiger partial charge in [-0.25, -0.2) is 0 Å². The number of fused-ring (bicyclic) bond motifs is 5. The van der Waals surface area contributed by atoms with Gasteiger partial charge in [0.15, 0.2) is 23.0 Å². The third-order valence-electron chi connectivity index (χ3n) is 5.11. The molecular formula is C24H14BrNO2. The highest BCUT2D eigenvalue weighted by molar-refractivity contribution is 9.10. The third kappa shape index (κ3) is 2.28. The molecular weight excluding hydrogens is 414 g/mol. The molecule has 0 unspecified atom stereocenters. The van der Waals surface area contributed by atoms with Gasteiger partial charge in [-0.05, 0) is 48.5 Å². The van der Waals surface area contributed by atoms with E-state index in [-0.39, 0.29) is 0 Å². The van der Waals surface area contributed by atoms with Crippen LogP contribution in [0, 0.1) is 0 Å². The number of benzene rings is 4. The summed E-state index contributed by atoms with van der Waals surface area (Å²) in [5, 5.41) is 2.32. The van der Waals surface area contributed by atoms with E-state index in [9.17, 15) is 0 Å². The quantitative estimate of drug-likeness (QED) is 0.272. The molecule has 3 nitrogen and oxygen atoms in total. The van der Waals surface area contributed by atoms with Gasteiger partial charge in [0, 0.05) is 27.0 Å². The molecule has 0 saturated heterocycles. The minimum absolute atomic E-state index is 0.729. The highest BCUT2D eigenvalue weighted by Gasteiger charge is 2.22. The SMILES string of the molecule is Brc1ccc(-n2c3ccccc3c3cc4c(cc32)Oc2ccccc2O4)cc1. The van der Waals surface area contributed by atoms with E-state index in [1.807, 2.05) is 24.3 Å². The van der Waals surface area contributed by atoms with Crippen molar-refractivity contribution in [1.82, 2.24) is 4.57 Å². The maximum atomic E-state index is 6.15. The number of aromatic nitrogens is 1. The van der Waals surface area contributed by atoms with Gasteiger partial charge in [0.25, 0.3) is 0 Å². The average Bonchev–Trinajstić information content (AvgIpc) is 3.04. The first-order chi connectivity index (χ1) is 13.8. The summed E-state index contributed by atoms with van der Waals surface area (Å²) in [4.78, 5) is 0. The van der Waals surface area contributed by atoms with Gasteiger partial charge in [0.1, 0.15) is 0 Å². The van der Waals surface area contributed by atoms with E-state index in [0.29, 0.717) is 0 Å². The molecule has 0 N–H and O–H groups in total. The lowest BCUT2D eigenvalue weighted by Crippen LogP contribution is -1.99. The van der Waals surface area contributed by atoms with Crippen molar-refractivity contribution >= 4 is 37.7 Å². The highest BCUT2D eigenvalue weighted by atomic mass is 79.9. The van der Waals surface area contributed by atoms with Gasteiger partial charge in [0.2, 0.25) is 0 Å². The van der Waals surface area contributed by atoms with Gasteiger partial charge in [-0.15, -0.1) is 0 Å². The van der Waals surface area contributed by atoms with Crippen LogP contribution in [0.25, 0.3) is 27.5 Å². The van der Waals surface area contributed by atoms with Crippen molar-refractivity contribution < 1.29 is 9.47 Å². The first kappa shape index (κ1) is 15.8. The van der Waals surface area contributed by atoms with E-state index in [2.05, 4.69) is 81.2 Å². The summed E-state index contributed by atoms with van der Waals surface area (Å²) in [5.74, 6) is 2.95. The van der Waals surface area contributed by atoms with Crippen molar-refractivity contribution in [3.8, 4) is 28.7 Å². The van der Waals surface area contributed by atoms with E-state index >= 15 is 0 Å². The summed E-state index contributed by atoms with van der Waals surface area (Å²) in [6, 6.07) is 28.7. The average molecular weight is 428 g/mol. The molecule has 28 heavy (non-hydrogen) atoms. The highest BCUT2D eigenvalue weighted by Crippen LogP contribution is 2.48. The second kappa shape index (κ2) is 5.88. The lowest BCUT2D eigenvalue weighted by Gasteiger charge is -2.20. The van der Waals surface area contributed by atoms with Crippen molar-refractivity contribution in [2.75, 3.05) is 0 Å². The van der Waals surface area contributed by atoms with Gasteiger partial charge in [-0.3, -0.25) is 0 Å². The van der Waals surface area contributed by atoms with Crippen LogP contribution in [0.4, 0.5) is 0 Å². The van der Waals surface area contributed by atoms with Gasteiger partial charge >= 0.3 is 0 Å². The van der Waals surface area contributed by atoms with Gasteiger partial charge in [-0.1, -0.05) is 46.3 Å². The smallest absolute Gasteiger partial charge is 0.172 e. The molecule has 4 heteroatoms. The Morgan fingerprint density at radius 2 is 1.21 bits per heavy atom. The normalized spacial score (nSPS) is 12.3. The number of hydrogen-bond donors (Lipinski definition) is 0. The number of ether oxygens (including phenoxy) is 2. The molecule has 0 amide bonds. The molecule has 0 atom stereocenters. The van der Waals surface area contributed by atoms with Crippen LogP contribution in [-0.2, 0) is 0 Å². The van der Waals surface area contributed by atoms with Gasteiger partial charge < -0.3 is 14.0 Å². The van der Waals surface area contributed by atoms with E-state index in [1.165, 1.54) is 5.39 Å². The maximum Gasteiger partial charge on any atom is 0.172 e. The minimum atomic E-state index is 0.729. The van der Waals surface area contributed by atoms with Crippen molar-refractivity contribution in [2.45, 2.75) is 0 Å². The predicted octanol–water partition coefficient (Wildman–Crippen LogP) is 7.44. The Labute approximate surface area is 169 Å². The monoisotopic (exact) mass is 427 g/mol. The van der Waals surface area contributed by atoms with Crippen molar-refractivity contribution in [3.63, 3.8) is 0 Å². The summed E-state index contributed by atoms with van der Waals surface area (Å²) in [7, 11) is 0.